The number of thiophene rings is 1. The summed E-state index contributed by atoms with van der Waals surface area (Å²) < 4.78 is 19.1. The molecule has 7 aromatic rings. The summed E-state index contributed by atoms with van der Waals surface area (Å²) in [6, 6.07) is 43.0. The van der Waals surface area contributed by atoms with Crippen molar-refractivity contribution in [3.8, 4) is 21.8 Å². The number of aryl methyl sites for hydroxylation is 1. The number of carbonyl (C=O) groups is 2. The topological polar surface area (TPSA) is 123 Å². The molecule has 0 amide bonds. The van der Waals surface area contributed by atoms with Crippen LogP contribution in [0.4, 0.5) is 4.79 Å². The van der Waals surface area contributed by atoms with Crippen LogP contribution in [0.2, 0.25) is 5.15 Å². The maximum atomic E-state index is 13.5. The van der Waals surface area contributed by atoms with Crippen molar-refractivity contribution in [3.63, 3.8) is 0 Å². The molecule has 13 heteroatoms. The summed E-state index contributed by atoms with van der Waals surface area (Å²) in [6.45, 7) is 5.60. The van der Waals surface area contributed by atoms with E-state index < -0.39 is 24.0 Å². The van der Waals surface area contributed by atoms with Crippen LogP contribution in [0.5, 0.6) is 0 Å². The van der Waals surface area contributed by atoms with Crippen LogP contribution in [0, 0.1) is 0 Å². The van der Waals surface area contributed by atoms with Gasteiger partial charge in [-0.2, -0.15) is 0 Å². The van der Waals surface area contributed by atoms with E-state index in [9.17, 15) is 9.59 Å². The summed E-state index contributed by atoms with van der Waals surface area (Å²) >= 11 is 8.19. The number of unbranched alkanes of at least 4 members (excludes halogenated alkanes) is 1. The molecule has 3 heterocycles. The molecule has 0 spiro atoms. The number of hydrogen-bond donors (Lipinski definition) is 0. The highest BCUT2D eigenvalue weighted by Gasteiger charge is 2.42. The van der Waals surface area contributed by atoms with Gasteiger partial charge in [-0.15, -0.1) is 16.4 Å². The Bertz CT molecular complexity index is 2340. The van der Waals surface area contributed by atoms with E-state index in [-0.39, 0.29) is 17.5 Å². The summed E-state index contributed by atoms with van der Waals surface area (Å²) in [6.07, 6.45) is 0.231. The van der Waals surface area contributed by atoms with Crippen molar-refractivity contribution in [2.24, 2.45) is 0 Å². The first-order valence-corrected chi connectivity index (χ1v) is 20.0. The molecule has 1 unspecified atom stereocenters. The molecule has 0 N–H and O–H groups in total. The molecule has 0 radical (unpaired) electrons. The smallest absolute Gasteiger partial charge is 0.435 e. The fourth-order valence-corrected chi connectivity index (χ4v) is 8.33. The third-order valence-electron chi connectivity index (χ3n) is 9.52. The van der Waals surface area contributed by atoms with Gasteiger partial charge in [-0.1, -0.05) is 140 Å². The minimum absolute atomic E-state index is 0.0159. The fourth-order valence-electron chi connectivity index (χ4n) is 7.02. The van der Waals surface area contributed by atoms with Crippen molar-refractivity contribution in [1.29, 1.82) is 0 Å². The second-order valence-electron chi connectivity index (χ2n) is 13.2. The number of hydrogen-bond acceptors (Lipinski definition) is 10. The van der Waals surface area contributed by atoms with Gasteiger partial charge in [0.25, 0.3) is 0 Å². The molecule has 11 nitrogen and oxygen atoms in total. The number of tetrazole rings is 1. The number of nitrogens with zero attached hydrogens (tertiary/aromatic N) is 6. The third kappa shape index (κ3) is 8.09. The standard InChI is InChI=1S/C44H41ClN6O5S/c1-4-6-26-38-46-40(45)39(42(52)55-30(3)56-43(53)54-5-2)50(38)29-34-27-28-37(57-34)35-24-16-17-25-36(35)41-47-48-49-51(41)44(31-18-10-7-11-19-31,32-20-12-8-13-21-32)33-22-14-9-15-23-33/h7-25,27-28,30H,4-6,26,29H2,1-3H3. The van der Waals surface area contributed by atoms with Crippen LogP contribution in [-0.4, -0.2) is 54.8 Å². The summed E-state index contributed by atoms with van der Waals surface area (Å²) in [4.78, 5) is 31.9. The predicted octanol–water partition coefficient (Wildman–Crippen LogP) is 9.83. The maximum Gasteiger partial charge on any atom is 0.511 e. The van der Waals surface area contributed by atoms with Gasteiger partial charge < -0.3 is 18.8 Å². The Labute approximate surface area is 339 Å². The molecule has 0 saturated heterocycles. The summed E-state index contributed by atoms with van der Waals surface area (Å²) in [5.41, 5.74) is 3.94. The van der Waals surface area contributed by atoms with Crippen molar-refractivity contribution in [3.05, 3.63) is 166 Å². The lowest BCUT2D eigenvalue weighted by Gasteiger charge is -2.36. The maximum absolute atomic E-state index is 13.5. The predicted molar refractivity (Wildman–Crippen MR) is 219 cm³/mol. The zero-order valence-electron chi connectivity index (χ0n) is 31.7. The molecular formula is C44H41ClN6O5S. The van der Waals surface area contributed by atoms with Crippen LogP contribution in [0.25, 0.3) is 21.8 Å². The Kier molecular flexibility index (Phi) is 12.2. The number of carbonyl (C=O) groups excluding carboxylic acids is 2. The van der Waals surface area contributed by atoms with Gasteiger partial charge in [0.15, 0.2) is 16.7 Å². The molecule has 0 aliphatic carbocycles. The molecule has 0 saturated carbocycles. The monoisotopic (exact) mass is 800 g/mol. The molecule has 290 valence electrons. The fraction of sp³-hybridized carbons (Fsp3) is 0.227. The molecule has 4 aromatic carbocycles. The van der Waals surface area contributed by atoms with Crippen molar-refractivity contribution < 1.29 is 23.8 Å². The van der Waals surface area contributed by atoms with Crippen LogP contribution in [0.1, 0.15) is 71.5 Å². The minimum Gasteiger partial charge on any atom is -0.435 e. The lowest BCUT2D eigenvalue weighted by Crippen LogP contribution is -2.39. The molecule has 1 atom stereocenters. The van der Waals surface area contributed by atoms with E-state index in [1.807, 2.05) is 83.5 Å². The summed E-state index contributed by atoms with van der Waals surface area (Å²) in [7, 11) is 0. The van der Waals surface area contributed by atoms with E-state index in [0.29, 0.717) is 24.6 Å². The van der Waals surface area contributed by atoms with Gasteiger partial charge >= 0.3 is 12.1 Å². The van der Waals surface area contributed by atoms with Crippen LogP contribution < -0.4 is 0 Å². The van der Waals surface area contributed by atoms with Crippen molar-refractivity contribution >= 4 is 35.1 Å². The van der Waals surface area contributed by atoms with Crippen LogP contribution in [-0.2, 0) is 32.7 Å². The first-order chi connectivity index (χ1) is 27.8. The van der Waals surface area contributed by atoms with Crippen LogP contribution >= 0.6 is 22.9 Å². The van der Waals surface area contributed by atoms with E-state index >= 15 is 0 Å². The van der Waals surface area contributed by atoms with Gasteiger partial charge in [0, 0.05) is 34.2 Å². The Balaban J connectivity index is 1.28. The van der Waals surface area contributed by atoms with Crippen molar-refractivity contribution in [1.82, 2.24) is 29.8 Å². The van der Waals surface area contributed by atoms with Gasteiger partial charge in [-0.05, 0) is 52.6 Å². The second kappa shape index (κ2) is 17.8. The third-order valence-corrected chi connectivity index (χ3v) is 10.9. The Morgan fingerprint density at radius 3 is 1.98 bits per heavy atom. The van der Waals surface area contributed by atoms with Crippen molar-refractivity contribution in [2.45, 2.75) is 58.4 Å². The SMILES string of the molecule is CCCCc1nc(Cl)c(C(=O)OC(C)OC(=O)OCC)n1Cc1ccc(-c2ccccc2-c2nnnn2C(c2ccccc2)(c2ccccc2)c2ccccc2)s1. The highest BCUT2D eigenvalue weighted by molar-refractivity contribution is 7.15. The zero-order valence-corrected chi connectivity index (χ0v) is 33.3. The molecule has 0 aliphatic heterocycles. The van der Waals surface area contributed by atoms with E-state index in [1.165, 1.54) is 6.92 Å². The molecule has 7 rings (SSSR count). The molecule has 3 aromatic heterocycles. The van der Waals surface area contributed by atoms with E-state index in [0.717, 1.165) is 50.4 Å². The van der Waals surface area contributed by atoms with Gasteiger partial charge in [0.2, 0.25) is 6.29 Å². The lowest BCUT2D eigenvalue weighted by molar-refractivity contribution is -0.0816. The highest BCUT2D eigenvalue weighted by Crippen LogP contribution is 2.44. The lowest BCUT2D eigenvalue weighted by atomic mass is 9.77. The van der Waals surface area contributed by atoms with Gasteiger partial charge in [-0.3, -0.25) is 0 Å². The molecule has 0 fully saturated rings. The first-order valence-electron chi connectivity index (χ1n) is 18.8. The number of aromatic nitrogens is 6. The number of rotatable bonds is 15. The molecule has 57 heavy (non-hydrogen) atoms. The van der Waals surface area contributed by atoms with Crippen LogP contribution in [0.15, 0.2) is 127 Å². The zero-order chi connectivity index (χ0) is 39.8. The highest BCUT2D eigenvalue weighted by atomic mass is 35.5. The Morgan fingerprint density at radius 1 is 0.789 bits per heavy atom. The quantitative estimate of drug-likeness (QED) is 0.0566. The number of halogens is 1. The molecule has 0 aliphatic rings. The van der Waals surface area contributed by atoms with Crippen molar-refractivity contribution in [2.75, 3.05) is 6.61 Å². The van der Waals surface area contributed by atoms with Gasteiger partial charge in [0.05, 0.1) is 13.2 Å². The van der Waals surface area contributed by atoms with Crippen LogP contribution in [0.3, 0.4) is 0 Å². The average molecular weight is 801 g/mol. The van der Waals surface area contributed by atoms with E-state index in [2.05, 4.69) is 65.7 Å². The summed E-state index contributed by atoms with van der Waals surface area (Å²) in [5, 5.41) is 13.8. The van der Waals surface area contributed by atoms with E-state index in [4.69, 9.17) is 36.1 Å². The second-order valence-corrected chi connectivity index (χ2v) is 14.7. The largest absolute Gasteiger partial charge is 0.511 e. The molecular weight excluding hydrogens is 760 g/mol. The average Bonchev–Trinajstić information content (AvgIpc) is 3.98. The number of imidazole rings is 1. The Hall–Kier alpha value is -6.11. The minimum atomic E-state index is -1.21. The number of benzene rings is 4. The van der Waals surface area contributed by atoms with Gasteiger partial charge in [0.1, 0.15) is 11.4 Å². The number of esters is 1. The first kappa shape index (κ1) is 39.1. The Morgan fingerprint density at radius 2 is 1.39 bits per heavy atom. The van der Waals surface area contributed by atoms with Gasteiger partial charge in [-0.25, -0.2) is 19.3 Å². The summed E-state index contributed by atoms with van der Waals surface area (Å²) in [5.74, 6) is 0.477. The number of ether oxygens (including phenoxy) is 3. The van der Waals surface area contributed by atoms with E-state index in [1.54, 1.807) is 22.8 Å². The normalized spacial score (nSPS) is 11.9. The molecule has 0 bridgehead atoms.